The third-order valence-electron chi connectivity index (χ3n) is 3.68. The lowest BCUT2D eigenvalue weighted by Gasteiger charge is -2.35. The minimum atomic E-state index is -4.07. The van der Waals surface area contributed by atoms with Gasteiger partial charge in [0.25, 0.3) is 0 Å². The van der Waals surface area contributed by atoms with Crippen molar-refractivity contribution in [2.75, 3.05) is 32.8 Å². The largest absolute Gasteiger partial charge is 0.401 e. The summed E-state index contributed by atoms with van der Waals surface area (Å²) in [4.78, 5) is 1.50. The van der Waals surface area contributed by atoms with Crippen LogP contribution in [0.5, 0.6) is 0 Å². The number of hydrogen-bond donors (Lipinski definition) is 1. The highest BCUT2D eigenvalue weighted by Crippen LogP contribution is 2.20. The molecule has 0 bridgehead atoms. The number of alkyl halides is 3. The molecule has 0 saturated carbocycles. The molecule has 0 aromatic heterocycles. The van der Waals surface area contributed by atoms with Crippen LogP contribution in [0.2, 0.25) is 0 Å². The molecular formula is C12H21F3N2O. The van der Waals surface area contributed by atoms with Crippen LogP contribution in [-0.2, 0) is 4.74 Å². The van der Waals surface area contributed by atoms with Crippen molar-refractivity contribution in [1.29, 1.82) is 0 Å². The predicted octanol–water partition coefficient (Wildman–Crippen LogP) is 1.78. The number of halogens is 3. The number of piperidine rings is 1. The zero-order chi connectivity index (χ0) is 13.0. The molecule has 2 rings (SSSR count). The second-order valence-electron chi connectivity index (χ2n) is 5.22. The van der Waals surface area contributed by atoms with Gasteiger partial charge in [0, 0.05) is 25.3 Å². The Labute approximate surface area is 106 Å². The molecule has 2 aliphatic rings. The third kappa shape index (κ3) is 4.74. The number of rotatable bonds is 3. The van der Waals surface area contributed by atoms with E-state index >= 15 is 0 Å². The van der Waals surface area contributed by atoms with Gasteiger partial charge in [0.05, 0.1) is 6.54 Å². The number of nitrogens with zero attached hydrogens (tertiary/aromatic N) is 1. The fraction of sp³-hybridized carbons (Fsp3) is 1.00. The third-order valence-corrected chi connectivity index (χ3v) is 3.68. The monoisotopic (exact) mass is 266 g/mol. The number of hydrogen-bond acceptors (Lipinski definition) is 3. The van der Waals surface area contributed by atoms with Crippen molar-refractivity contribution in [2.24, 2.45) is 0 Å². The summed E-state index contributed by atoms with van der Waals surface area (Å²) in [6.45, 7) is 1.91. The Bertz CT molecular complexity index is 246. The summed E-state index contributed by atoms with van der Waals surface area (Å²) in [7, 11) is 0. The second kappa shape index (κ2) is 6.21. The van der Waals surface area contributed by atoms with E-state index in [1.165, 1.54) is 4.90 Å². The van der Waals surface area contributed by atoms with Crippen LogP contribution in [-0.4, -0.2) is 56.0 Å². The molecule has 2 saturated heterocycles. The average Bonchev–Trinajstić information content (AvgIpc) is 2.31. The normalized spacial score (nSPS) is 25.5. The van der Waals surface area contributed by atoms with Gasteiger partial charge in [-0.25, -0.2) is 0 Å². The van der Waals surface area contributed by atoms with E-state index in [4.69, 9.17) is 4.74 Å². The maximum Gasteiger partial charge on any atom is 0.401 e. The lowest BCUT2D eigenvalue weighted by molar-refractivity contribution is -0.148. The summed E-state index contributed by atoms with van der Waals surface area (Å²) < 4.78 is 42.0. The fourth-order valence-corrected chi connectivity index (χ4v) is 2.71. The Kier molecular flexibility index (Phi) is 4.86. The Balaban J connectivity index is 1.66. The first-order valence-corrected chi connectivity index (χ1v) is 6.66. The second-order valence-corrected chi connectivity index (χ2v) is 5.22. The minimum absolute atomic E-state index is 0.373. The summed E-state index contributed by atoms with van der Waals surface area (Å²) >= 11 is 0. The first-order chi connectivity index (χ1) is 8.53. The molecule has 2 heterocycles. The van der Waals surface area contributed by atoms with Crippen molar-refractivity contribution in [2.45, 2.75) is 43.9 Å². The van der Waals surface area contributed by atoms with Gasteiger partial charge in [0.1, 0.15) is 0 Å². The smallest absolute Gasteiger partial charge is 0.381 e. The molecule has 1 N–H and O–H groups in total. The Hall–Kier alpha value is -0.330. The highest BCUT2D eigenvalue weighted by Gasteiger charge is 2.32. The first-order valence-electron chi connectivity index (χ1n) is 6.66. The van der Waals surface area contributed by atoms with E-state index < -0.39 is 12.7 Å². The van der Waals surface area contributed by atoms with Crippen molar-refractivity contribution < 1.29 is 17.9 Å². The number of nitrogens with one attached hydrogen (secondary N) is 1. The Morgan fingerprint density at radius 3 is 2.11 bits per heavy atom. The molecule has 0 spiro atoms. The van der Waals surface area contributed by atoms with Crippen LogP contribution in [0.3, 0.4) is 0 Å². The van der Waals surface area contributed by atoms with Gasteiger partial charge >= 0.3 is 6.18 Å². The van der Waals surface area contributed by atoms with Crippen LogP contribution in [0.4, 0.5) is 13.2 Å². The minimum Gasteiger partial charge on any atom is -0.381 e. The maximum atomic E-state index is 12.2. The molecule has 18 heavy (non-hydrogen) atoms. The molecule has 2 aliphatic heterocycles. The molecule has 0 unspecified atom stereocenters. The molecule has 3 nitrogen and oxygen atoms in total. The summed E-state index contributed by atoms with van der Waals surface area (Å²) in [6.07, 6.45) is -0.409. The van der Waals surface area contributed by atoms with E-state index in [0.717, 1.165) is 38.9 Å². The summed E-state index contributed by atoms with van der Waals surface area (Å²) in [5.41, 5.74) is 0. The first kappa shape index (κ1) is 14.1. The molecule has 0 radical (unpaired) electrons. The quantitative estimate of drug-likeness (QED) is 0.842. The van der Waals surface area contributed by atoms with Crippen molar-refractivity contribution in [3.05, 3.63) is 0 Å². The molecule has 0 amide bonds. The van der Waals surface area contributed by atoms with E-state index in [1.54, 1.807) is 0 Å². The van der Waals surface area contributed by atoms with Crippen molar-refractivity contribution >= 4 is 0 Å². The van der Waals surface area contributed by atoms with Crippen LogP contribution in [0.15, 0.2) is 0 Å². The Morgan fingerprint density at radius 2 is 1.56 bits per heavy atom. The van der Waals surface area contributed by atoms with Crippen LogP contribution in [0, 0.1) is 0 Å². The fourth-order valence-electron chi connectivity index (χ4n) is 2.71. The molecule has 0 aromatic carbocycles. The van der Waals surface area contributed by atoms with Crippen molar-refractivity contribution in [1.82, 2.24) is 10.2 Å². The van der Waals surface area contributed by atoms with E-state index in [-0.39, 0.29) is 0 Å². The lowest BCUT2D eigenvalue weighted by Crippen LogP contribution is -2.49. The zero-order valence-corrected chi connectivity index (χ0v) is 10.5. The van der Waals surface area contributed by atoms with Crippen molar-refractivity contribution in [3.8, 4) is 0 Å². The summed E-state index contributed by atoms with van der Waals surface area (Å²) in [6, 6.07) is 0.857. The Morgan fingerprint density at radius 1 is 1.00 bits per heavy atom. The summed E-state index contributed by atoms with van der Waals surface area (Å²) in [5.74, 6) is 0. The van der Waals surface area contributed by atoms with Crippen molar-refractivity contribution in [3.63, 3.8) is 0 Å². The van der Waals surface area contributed by atoms with Gasteiger partial charge in [0.15, 0.2) is 0 Å². The van der Waals surface area contributed by atoms with E-state index in [1.807, 2.05) is 0 Å². The van der Waals surface area contributed by atoms with E-state index in [0.29, 0.717) is 25.2 Å². The average molecular weight is 266 g/mol. The molecule has 0 aliphatic carbocycles. The number of likely N-dealkylation sites (tertiary alicyclic amines) is 1. The summed E-state index contributed by atoms with van der Waals surface area (Å²) in [5, 5.41) is 3.55. The molecule has 2 fully saturated rings. The molecule has 6 heteroatoms. The van der Waals surface area contributed by atoms with Crippen LogP contribution in [0.1, 0.15) is 25.7 Å². The molecule has 0 atom stereocenters. The van der Waals surface area contributed by atoms with Gasteiger partial charge < -0.3 is 10.1 Å². The topological polar surface area (TPSA) is 24.5 Å². The number of ether oxygens (including phenoxy) is 1. The van der Waals surface area contributed by atoms with Crippen LogP contribution in [0.25, 0.3) is 0 Å². The standard InChI is InChI=1S/C12H21F3N2O/c13-12(14,15)9-17-5-1-10(2-6-17)16-11-3-7-18-8-4-11/h10-11,16H,1-9H2. The van der Waals surface area contributed by atoms with Gasteiger partial charge in [0.2, 0.25) is 0 Å². The molecule has 106 valence electrons. The molecular weight excluding hydrogens is 245 g/mol. The van der Waals surface area contributed by atoms with Gasteiger partial charge in [-0.15, -0.1) is 0 Å². The van der Waals surface area contributed by atoms with Gasteiger partial charge in [-0.2, -0.15) is 13.2 Å². The van der Waals surface area contributed by atoms with Gasteiger partial charge in [-0.1, -0.05) is 0 Å². The van der Waals surface area contributed by atoms with Crippen LogP contribution >= 0.6 is 0 Å². The van der Waals surface area contributed by atoms with Crippen LogP contribution < -0.4 is 5.32 Å². The van der Waals surface area contributed by atoms with Gasteiger partial charge in [-0.05, 0) is 38.8 Å². The predicted molar refractivity (Wildman–Crippen MR) is 62.5 cm³/mol. The lowest BCUT2D eigenvalue weighted by atomic mass is 10.0. The molecule has 0 aromatic rings. The SMILES string of the molecule is FC(F)(F)CN1CCC(NC2CCOCC2)CC1. The maximum absolute atomic E-state index is 12.2. The van der Waals surface area contributed by atoms with E-state index in [2.05, 4.69) is 5.32 Å². The zero-order valence-electron chi connectivity index (χ0n) is 10.5. The van der Waals surface area contributed by atoms with E-state index in [9.17, 15) is 13.2 Å². The highest BCUT2D eigenvalue weighted by atomic mass is 19.4. The highest BCUT2D eigenvalue weighted by molar-refractivity contribution is 4.82. The van der Waals surface area contributed by atoms with Gasteiger partial charge in [-0.3, -0.25) is 4.90 Å².